The maximum absolute atomic E-state index is 5.60. The number of imidazole rings is 1. The number of hydrogen-bond donors (Lipinski definition) is 2. The van der Waals surface area contributed by atoms with Gasteiger partial charge in [0.15, 0.2) is 11.5 Å². The summed E-state index contributed by atoms with van der Waals surface area (Å²) in [4.78, 5) is 8.14. The van der Waals surface area contributed by atoms with Crippen LogP contribution < -0.4 is 14.8 Å². The predicted molar refractivity (Wildman–Crippen MR) is 71.7 cm³/mol. The maximum Gasteiger partial charge on any atom is 0.163 e. The molecule has 2 aliphatic heterocycles. The lowest BCUT2D eigenvalue weighted by molar-refractivity contribution is 0.172. The van der Waals surface area contributed by atoms with E-state index in [2.05, 4.69) is 17.2 Å². The van der Waals surface area contributed by atoms with Crippen molar-refractivity contribution in [2.45, 2.75) is 25.3 Å². The minimum Gasteiger partial charge on any atom is -0.486 e. The van der Waals surface area contributed by atoms with E-state index >= 15 is 0 Å². The summed E-state index contributed by atoms with van der Waals surface area (Å²) in [5, 5.41) is 3.52. The van der Waals surface area contributed by atoms with Crippen molar-refractivity contribution in [1.29, 1.82) is 0 Å². The zero-order valence-electron chi connectivity index (χ0n) is 11.0. The van der Waals surface area contributed by atoms with Crippen molar-refractivity contribution in [3.63, 3.8) is 0 Å². The molecule has 3 heterocycles. The molecule has 5 heteroatoms. The van der Waals surface area contributed by atoms with Crippen molar-refractivity contribution in [1.82, 2.24) is 15.3 Å². The van der Waals surface area contributed by atoms with Gasteiger partial charge in [0.1, 0.15) is 19.0 Å². The molecule has 0 saturated carbocycles. The van der Waals surface area contributed by atoms with Crippen LogP contribution in [0.15, 0.2) is 12.1 Å². The minimum atomic E-state index is -0.0404. The predicted octanol–water partition coefficient (Wildman–Crippen LogP) is 1.93. The zero-order chi connectivity index (χ0) is 12.9. The fourth-order valence-corrected chi connectivity index (χ4v) is 2.90. The van der Waals surface area contributed by atoms with E-state index in [9.17, 15) is 0 Å². The standard InChI is InChI=1S/C14H17N3O2/c1-14(3-2-4-15-14)13-16-9-7-11-12(8-10(9)17-13)19-6-5-18-11/h7-8,15H,2-6H2,1H3,(H,16,17). The van der Waals surface area contributed by atoms with Gasteiger partial charge >= 0.3 is 0 Å². The van der Waals surface area contributed by atoms with E-state index in [1.54, 1.807) is 0 Å². The van der Waals surface area contributed by atoms with Gasteiger partial charge in [-0.25, -0.2) is 4.98 Å². The van der Waals surface area contributed by atoms with Gasteiger partial charge in [-0.15, -0.1) is 0 Å². The summed E-state index contributed by atoms with van der Waals surface area (Å²) in [6, 6.07) is 3.95. The molecule has 2 aliphatic rings. The van der Waals surface area contributed by atoms with Crippen molar-refractivity contribution in [3.8, 4) is 11.5 Å². The molecule has 2 aromatic rings. The van der Waals surface area contributed by atoms with Crippen molar-refractivity contribution in [2.24, 2.45) is 0 Å². The highest BCUT2D eigenvalue weighted by Gasteiger charge is 2.33. The highest BCUT2D eigenvalue weighted by molar-refractivity contribution is 5.80. The molecule has 2 N–H and O–H groups in total. The third-order valence-electron chi connectivity index (χ3n) is 4.04. The average molecular weight is 259 g/mol. The Hall–Kier alpha value is -1.75. The number of H-pyrrole nitrogens is 1. The largest absolute Gasteiger partial charge is 0.486 e. The monoisotopic (exact) mass is 259 g/mol. The van der Waals surface area contributed by atoms with Crippen molar-refractivity contribution >= 4 is 11.0 Å². The second kappa shape index (κ2) is 3.87. The fraction of sp³-hybridized carbons (Fsp3) is 0.500. The van der Waals surface area contributed by atoms with Gasteiger partial charge in [0.2, 0.25) is 0 Å². The first-order chi connectivity index (χ1) is 9.24. The first-order valence-electron chi connectivity index (χ1n) is 6.79. The van der Waals surface area contributed by atoms with E-state index in [0.717, 1.165) is 41.3 Å². The van der Waals surface area contributed by atoms with Gasteiger partial charge in [-0.2, -0.15) is 0 Å². The van der Waals surface area contributed by atoms with Gasteiger partial charge in [0.25, 0.3) is 0 Å². The second-order valence-electron chi connectivity index (χ2n) is 5.46. The number of benzene rings is 1. The number of aromatic amines is 1. The summed E-state index contributed by atoms with van der Waals surface area (Å²) in [5.74, 6) is 2.60. The van der Waals surface area contributed by atoms with E-state index in [1.165, 1.54) is 6.42 Å². The van der Waals surface area contributed by atoms with Crippen LogP contribution >= 0.6 is 0 Å². The normalized spacial score (nSPS) is 25.9. The highest BCUT2D eigenvalue weighted by atomic mass is 16.6. The molecule has 19 heavy (non-hydrogen) atoms. The molecule has 0 amide bonds. The lowest BCUT2D eigenvalue weighted by atomic mass is 10.00. The molecular formula is C14H17N3O2. The number of nitrogens with zero attached hydrogens (tertiary/aromatic N) is 1. The number of rotatable bonds is 1. The van der Waals surface area contributed by atoms with Crippen LogP contribution in [-0.2, 0) is 5.54 Å². The molecule has 1 unspecified atom stereocenters. The molecule has 0 radical (unpaired) electrons. The van der Waals surface area contributed by atoms with Crippen LogP contribution in [0.5, 0.6) is 11.5 Å². The number of ether oxygens (including phenoxy) is 2. The number of hydrogen-bond acceptors (Lipinski definition) is 4. The summed E-state index contributed by atoms with van der Waals surface area (Å²) >= 11 is 0. The van der Waals surface area contributed by atoms with Crippen LogP contribution in [-0.4, -0.2) is 29.7 Å². The van der Waals surface area contributed by atoms with E-state index in [1.807, 2.05) is 12.1 Å². The van der Waals surface area contributed by atoms with Crippen LogP contribution in [0.1, 0.15) is 25.6 Å². The summed E-state index contributed by atoms with van der Waals surface area (Å²) < 4.78 is 11.2. The molecule has 1 saturated heterocycles. The lowest BCUT2D eigenvalue weighted by Gasteiger charge is -2.21. The van der Waals surface area contributed by atoms with Gasteiger partial charge in [-0.3, -0.25) is 0 Å². The molecule has 1 fully saturated rings. The van der Waals surface area contributed by atoms with Crippen LogP contribution in [0, 0.1) is 0 Å². The Morgan fingerprint density at radius 3 is 2.74 bits per heavy atom. The van der Waals surface area contributed by atoms with Gasteiger partial charge in [-0.1, -0.05) is 0 Å². The Balaban J connectivity index is 1.82. The molecular weight excluding hydrogens is 242 g/mol. The number of nitrogens with one attached hydrogen (secondary N) is 2. The fourth-order valence-electron chi connectivity index (χ4n) is 2.90. The molecule has 1 atom stereocenters. The third kappa shape index (κ3) is 1.69. The quantitative estimate of drug-likeness (QED) is 0.821. The van der Waals surface area contributed by atoms with Crippen molar-refractivity contribution in [2.75, 3.05) is 19.8 Å². The van der Waals surface area contributed by atoms with Crippen LogP contribution in [0.2, 0.25) is 0 Å². The summed E-state index contributed by atoms with van der Waals surface area (Å²) in [6.07, 6.45) is 2.30. The smallest absolute Gasteiger partial charge is 0.163 e. The van der Waals surface area contributed by atoms with Crippen molar-refractivity contribution in [3.05, 3.63) is 18.0 Å². The van der Waals surface area contributed by atoms with E-state index in [4.69, 9.17) is 14.5 Å². The zero-order valence-corrected chi connectivity index (χ0v) is 11.0. The Morgan fingerprint density at radius 1 is 1.21 bits per heavy atom. The van der Waals surface area contributed by atoms with E-state index in [0.29, 0.717) is 13.2 Å². The molecule has 0 spiro atoms. The molecule has 1 aromatic heterocycles. The van der Waals surface area contributed by atoms with Gasteiger partial charge < -0.3 is 19.8 Å². The molecule has 1 aromatic carbocycles. The van der Waals surface area contributed by atoms with E-state index in [-0.39, 0.29) is 5.54 Å². The van der Waals surface area contributed by atoms with E-state index < -0.39 is 0 Å². The summed E-state index contributed by atoms with van der Waals surface area (Å²) in [7, 11) is 0. The number of fused-ring (bicyclic) bond motifs is 2. The van der Waals surface area contributed by atoms with Gasteiger partial charge in [-0.05, 0) is 26.3 Å². The lowest BCUT2D eigenvalue weighted by Crippen LogP contribution is -2.34. The average Bonchev–Trinajstić information content (AvgIpc) is 3.03. The second-order valence-corrected chi connectivity index (χ2v) is 5.46. The minimum absolute atomic E-state index is 0.0404. The Kier molecular flexibility index (Phi) is 2.26. The van der Waals surface area contributed by atoms with Crippen LogP contribution in [0.4, 0.5) is 0 Å². The first kappa shape index (κ1) is 11.1. The molecule has 100 valence electrons. The van der Waals surface area contributed by atoms with Gasteiger partial charge in [0.05, 0.1) is 16.6 Å². The molecule has 0 bridgehead atoms. The third-order valence-corrected chi connectivity index (χ3v) is 4.04. The van der Waals surface area contributed by atoms with Crippen LogP contribution in [0.3, 0.4) is 0 Å². The Morgan fingerprint density at radius 2 is 2.00 bits per heavy atom. The summed E-state index contributed by atoms with van der Waals surface area (Å²) in [5.41, 5.74) is 1.91. The molecule has 0 aliphatic carbocycles. The molecule has 5 nitrogen and oxygen atoms in total. The van der Waals surface area contributed by atoms with Crippen LogP contribution in [0.25, 0.3) is 11.0 Å². The Labute approximate surface area is 111 Å². The Bertz CT molecular complexity index is 586. The SMILES string of the molecule is CC1(c2nc3cc4c(cc3[nH]2)OCCO4)CCCN1. The topological polar surface area (TPSA) is 59.2 Å². The molecule has 4 rings (SSSR count). The number of aromatic nitrogens is 2. The van der Waals surface area contributed by atoms with Crippen molar-refractivity contribution < 1.29 is 9.47 Å². The maximum atomic E-state index is 5.60. The highest BCUT2D eigenvalue weighted by Crippen LogP contribution is 2.36. The first-order valence-corrected chi connectivity index (χ1v) is 6.79. The summed E-state index contributed by atoms with van der Waals surface area (Å²) in [6.45, 7) is 4.47. The van der Waals surface area contributed by atoms with Gasteiger partial charge in [0, 0.05) is 12.1 Å².